The van der Waals surface area contributed by atoms with Crippen molar-refractivity contribution in [1.29, 1.82) is 0 Å². The van der Waals surface area contributed by atoms with Crippen molar-refractivity contribution in [2.24, 2.45) is 0 Å². The van der Waals surface area contributed by atoms with E-state index in [0.717, 1.165) is 37.6 Å². The Morgan fingerprint density at radius 3 is 2.53 bits per heavy atom. The Balaban J connectivity index is 1.50. The summed E-state index contributed by atoms with van der Waals surface area (Å²) in [6.07, 6.45) is 1.54. The van der Waals surface area contributed by atoms with Gasteiger partial charge in [-0.3, -0.25) is 9.69 Å². The number of hydrogen-bond donors (Lipinski definition) is 1. The first-order chi connectivity index (χ1) is 14.5. The third-order valence-corrected chi connectivity index (χ3v) is 4.95. The standard InChI is InChI=1S/C22H28N4O4/c1-4-30-22(28)17-6-8-20(23-14-17)26-11-9-25(10-12-26)15-21(27)24-18-13-16(2)5-7-19(18)29-3/h5-8,13-14H,4,9-12,15H2,1-3H3,(H,24,27). The number of carbonyl (C=O) groups is 2. The lowest BCUT2D eigenvalue weighted by atomic mass is 10.2. The molecule has 0 unspecified atom stereocenters. The summed E-state index contributed by atoms with van der Waals surface area (Å²) in [4.78, 5) is 32.9. The van der Waals surface area contributed by atoms with Crippen molar-refractivity contribution in [3.8, 4) is 5.75 Å². The molecular formula is C22H28N4O4. The van der Waals surface area contributed by atoms with E-state index in [0.29, 0.717) is 30.2 Å². The van der Waals surface area contributed by atoms with Crippen LogP contribution in [0.5, 0.6) is 5.75 Å². The second-order valence-electron chi connectivity index (χ2n) is 7.14. The highest BCUT2D eigenvalue weighted by molar-refractivity contribution is 5.93. The molecule has 2 heterocycles. The maximum Gasteiger partial charge on any atom is 0.339 e. The van der Waals surface area contributed by atoms with Gasteiger partial charge in [-0.2, -0.15) is 0 Å². The third-order valence-electron chi connectivity index (χ3n) is 4.95. The van der Waals surface area contributed by atoms with Crippen LogP contribution in [0.15, 0.2) is 36.5 Å². The Morgan fingerprint density at radius 1 is 1.13 bits per heavy atom. The summed E-state index contributed by atoms with van der Waals surface area (Å²) < 4.78 is 10.3. The van der Waals surface area contributed by atoms with Gasteiger partial charge in [0.25, 0.3) is 0 Å². The molecule has 0 aliphatic carbocycles. The number of aryl methyl sites for hydroxylation is 1. The number of methoxy groups -OCH3 is 1. The molecule has 0 spiro atoms. The van der Waals surface area contributed by atoms with E-state index < -0.39 is 0 Å². The molecule has 1 N–H and O–H groups in total. The molecule has 1 amide bonds. The van der Waals surface area contributed by atoms with Gasteiger partial charge < -0.3 is 19.7 Å². The second kappa shape index (κ2) is 10.1. The molecule has 1 fully saturated rings. The fourth-order valence-electron chi connectivity index (χ4n) is 3.36. The summed E-state index contributed by atoms with van der Waals surface area (Å²) in [5.41, 5.74) is 2.19. The Kier molecular flexibility index (Phi) is 7.24. The fourth-order valence-corrected chi connectivity index (χ4v) is 3.36. The van der Waals surface area contributed by atoms with E-state index in [1.165, 1.54) is 0 Å². The number of hydrogen-bond acceptors (Lipinski definition) is 7. The lowest BCUT2D eigenvalue weighted by molar-refractivity contribution is -0.117. The average Bonchev–Trinajstić information content (AvgIpc) is 2.75. The molecule has 0 saturated carbocycles. The zero-order valence-electron chi connectivity index (χ0n) is 17.7. The zero-order valence-corrected chi connectivity index (χ0v) is 17.7. The van der Waals surface area contributed by atoms with Gasteiger partial charge in [-0.25, -0.2) is 9.78 Å². The molecule has 2 aromatic rings. The molecule has 0 bridgehead atoms. The molecule has 160 valence electrons. The van der Waals surface area contributed by atoms with Crippen LogP contribution in [0.1, 0.15) is 22.8 Å². The number of anilines is 2. The topological polar surface area (TPSA) is 84.0 Å². The Morgan fingerprint density at radius 2 is 1.90 bits per heavy atom. The van der Waals surface area contributed by atoms with Crippen LogP contribution in [-0.2, 0) is 9.53 Å². The van der Waals surface area contributed by atoms with Gasteiger partial charge in [0.2, 0.25) is 5.91 Å². The van der Waals surface area contributed by atoms with Gasteiger partial charge in [0, 0.05) is 32.4 Å². The van der Waals surface area contributed by atoms with E-state index in [4.69, 9.17) is 9.47 Å². The quantitative estimate of drug-likeness (QED) is 0.699. The molecule has 8 nitrogen and oxygen atoms in total. The highest BCUT2D eigenvalue weighted by Crippen LogP contribution is 2.25. The number of aromatic nitrogens is 1. The van der Waals surface area contributed by atoms with E-state index in [9.17, 15) is 9.59 Å². The van der Waals surface area contributed by atoms with Crippen LogP contribution in [0.25, 0.3) is 0 Å². The number of ether oxygens (including phenoxy) is 2. The van der Waals surface area contributed by atoms with Gasteiger partial charge in [-0.05, 0) is 43.7 Å². The van der Waals surface area contributed by atoms with Crippen LogP contribution in [0.4, 0.5) is 11.5 Å². The van der Waals surface area contributed by atoms with Crippen LogP contribution < -0.4 is 15.0 Å². The lowest BCUT2D eigenvalue weighted by Gasteiger charge is -2.35. The van der Waals surface area contributed by atoms with Gasteiger partial charge in [0.1, 0.15) is 11.6 Å². The SMILES string of the molecule is CCOC(=O)c1ccc(N2CCN(CC(=O)Nc3cc(C)ccc3OC)CC2)nc1. The van der Waals surface area contributed by atoms with Gasteiger partial charge >= 0.3 is 5.97 Å². The summed E-state index contributed by atoms with van der Waals surface area (Å²) in [5, 5.41) is 2.94. The smallest absolute Gasteiger partial charge is 0.339 e. The number of esters is 1. The Bertz CT molecular complexity index is 877. The van der Waals surface area contributed by atoms with Crippen LogP contribution in [-0.4, -0.2) is 68.2 Å². The van der Waals surface area contributed by atoms with Crippen LogP contribution in [0.2, 0.25) is 0 Å². The minimum Gasteiger partial charge on any atom is -0.495 e. The predicted octanol–water partition coefficient (Wildman–Crippen LogP) is 2.34. The molecule has 1 aromatic carbocycles. The molecule has 1 aliphatic rings. The summed E-state index contributed by atoms with van der Waals surface area (Å²) >= 11 is 0. The molecule has 3 rings (SSSR count). The van der Waals surface area contributed by atoms with E-state index >= 15 is 0 Å². The first-order valence-electron chi connectivity index (χ1n) is 10.0. The first kappa shape index (κ1) is 21.6. The van der Waals surface area contributed by atoms with Crippen molar-refractivity contribution >= 4 is 23.4 Å². The Hall–Kier alpha value is -3.13. The number of amides is 1. The zero-order chi connectivity index (χ0) is 21.5. The third kappa shape index (κ3) is 5.48. The predicted molar refractivity (Wildman–Crippen MR) is 115 cm³/mol. The maximum atomic E-state index is 12.5. The number of piperazine rings is 1. The van der Waals surface area contributed by atoms with Crippen LogP contribution >= 0.6 is 0 Å². The van der Waals surface area contributed by atoms with Crippen LogP contribution in [0.3, 0.4) is 0 Å². The number of nitrogens with zero attached hydrogens (tertiary/aromatic N) is 3. The number of pyridine rings is 1. The molecule has 1 aromatic heterocycles. The minimum atomic E-state index is -0.363. The maximum absolute atomic E-state index is 12.5. The highest BCUT2D eigenvalue weighted by Gasteiger charge is 2.21. The van der Waals surface area contributed by atoms with E-state index in [2.05, 4.69) is 20.1 Å². The van der Waals surface area contributed by atoms with Gasteiger partial charge in [0.05, 0.1) is 31.5 Å². The van der Waals surface area contributed by atoms with E-state index in [1.54, 1.807) is 26.3 Å². The molecular weight excluding hydrogens is 384 g/mol. The number of nitrogens with one attached hydrogen (secondary N) is 1. The largest absolute Gasteiger partial charge is 0.495 e. The molecule has 1 saturated heterocycles. The average molecular weight is 412 g/mol. The first-order valence-corrected chi connectivity index (χ1v) is 10.0. The summed E-state index contributed by atoms with van der Waals surface area (Å²) in [5.74, 6) is 1.04. The van der Waals surface area contributed by atoms with E-state index in [-0.39, 0.29) is 11.9 Å². The van der Waals surface area contributed by atoms with Crippen molar-refractivity contribution in [2.45, 2.75) is 13.8 Å². The van der Waals surface area contributed by atoms with Gasteiger partial charge in [-0.15, -0.1) is 0 Å². The summed E-state index contributed by atoms with van der Waals surface area (Å²) in [6, 6.07) is 9.26. The molecule has 8 heteroatoms. The highest BCUT2D eigenvalue weighted by atomic mass is 16.5. The van der Waals surface area contributed by atoms with Crippen molar-refractivity contribution in [1.82, 2.24) is 9.88 Å². The number of benzene rings is 1. The molecule has 0 atom stereocenters. The Labute approximate surface area is 176 Å². The second-order valence-corrected chi connectivity index (χ2v) is 7.14. The molecule has 0 radical (unpaired) electrons. The van der Waals surface area contributed by atoms with Crippen molar-refractivity contribution in [3.05, 3.63) is 47.7 Å². The van der Waals surface area contributed by atoms with Crippen molar-refractivity contribution in [3.63, 3.8) is 0 Å². The van der Waals surface area contributed by atoms with E-state index in [1.807, 2.05) is 31.2 Å². The number of rotatable bonds is 7. The normalized spacial score (nSPS) is 14.3. The van der Waals surface area contributed by atoms with Crippen molar-refractivity contribution in [2.75, 3.05) is 56.7 Å². The van der Waals surface area contributed by atoms with Gasteiger partial charge in [0.15, 0.2) is 0 Å². The van der Waals surface area contributed by atoms with Crippen LogP contribution in [0, 0.1) is 6.92 Å². The fraction of sp³-hybridized carbons (Fsp3) is 0.409. The van der Waals surface area contributed by atoms with Crippen molar-refractivity contribution < 1.29 is 19.1 Å². The lowest BCUT2D eigenvalue weighted by Crippen LogP contribution is -2.48. The molecule has 30 heavy (non-hydrogen) atoms. The monoisotopic (exact) mass is 412 g/mol. The number of carbonyl (C=O) groups excluding carboxylic acids is 2. The molecule has 1 aliphatic heterocycles. The van der Waals surface area contributed by atoms with Gasteiger partial charge in [-0.1, -0.05) is 6.07 Å². The summed E-state index contributed by atoms with van der Waals surface area (Å²) in [7, 11) is 1.59. The minimum absolute atomic E-state index is 0.0655. The summed E-state index contributed by atoms with van der Waals surface area (Å²) in [6.45, 7) is 7.42.